The van der Waals surface area contributed by atoms with Gasteiger partial charge in [-0.05, 0) is 75.1 Å². The fourth-order valence-electron chi connectivity index (χ4n) is 4.19. The Morgan fingerprint density at radius 1 is 1.00 bits per heavy atom. The van der Waals surface area contributed by atoms with Crippen molar-refractivity contribution in [1.82, 2.24) is 10.6 Å². The van der Waals surface area contributed by atoms with Gasteiger partial charge in [0.1, 0.15) is 5.60 Å². The van der Waals surface area contributed by atoms with Crippen molar-refractivity contribution in [3.05, 3.63) is 106 Å². The van der Waals surface area contributed by atoms with Crippen molar-refractivity contribution in [3.63, 3.8) is 0 Å². The standard InChI is InChI=1S/C30H34ClN3O2/c1-21(34-28(24-10-6-5-7-11-24)20-33-29(35)36-30(2,3)4)27(18-22-13-15-26(31)16-14-22)25-12-8-9-23(17-25)19-32/h5-17,21,27-28,34H,18,20H2,1-4H3,(H,33,35)/t21-,27?,28+/m0/s1. The molecule has 6 heteroatoms. The van der Waals surface area contributed by atoms with E-state index in [9.17, 15) is 10.1 Å². The number of hydrogen-bond donors (Lipinski definition) is 2. The maximum Gasteiger partial charge on any atom is 0.407 e. The van der Waals surface area contributed by atoms with Crippen LogP contribution < -0.4 is 10.6 Å². The number of rotatable bonds is 9. The van der Waals surface area contributed by atoms with E-state index >= 15 is 0 Å². The molecule has 3 aromatic carbocycles. The highest BCUT2D eigenvalue weighted by atomic mass is 35.5. The molecule has 1 amide bonds. The summed E-state index contributed by atoms with van der Waals surface area (Å²) in [6, 6.07) is 27.8. The van der Waals surface area contributed by atoms with Gasteiger partial charge in [-0.15, -0.1) is 0 Å². The maximum absolute atomic E-state index is 12.4. The lowest BCUT2D eigenvalue weighted by Crippen LogP contribution is -2.43. The summed E-state index contributed by atoms with van der Waals surface area (Å²) in [4.78, 5) is 12.4. The zero-order valence-corrected chi connectivity index (χ0v) is 22.0. The van der Waals surface area contributed by atoms with E-state index in [2.05, 4.69) is 29.7 Å². The Bertz CT molecular complexity index is 1170. The third kappa shape index (κ3) is 8.41. The molecule has 0 saturated carbocycles. The minimum absolute atomic E-state index is 0.0141. The summed E-state index contributed by atoms with van der Waals surface area (Å²) in [5, 5.41) is 16.8. The molecule has 3 aromatic rings. The Hall–Kier alpha value is -3.33. The molecule has 0 spiro atoms. The lowest BCUT2D eigenvalue weighted by atomic mass is 9.85. The lowest BCUT2D eigenvalue weighted by Gasteiger charge is -2.31. The van der Waals surface area contributed by atoms with Gasteiger partial charge in [-0.1, -0.05) is 66.2 Å². The number of alkyl carbamates (subject to hydrolysis) is 1. The number of carbonyl (C=O) groups is 1. The first-order chi connectivity index (χ1) is 17.1. The average Bonchev–Trinajstić information content (AvgIpc) is 2.85. The number of hydrogen-bond acceptors (Lipinski definition) is 4. The quantitative estimate of drug-likeness (QED) is 0.337. The van der Waals surface area contributed by atoms with Gasteiger partial charge in [-0.2, -0.15) is 5.26 Å². The molecule has 0 radical (unpaired) electrons. The second-order valence-electron chi connectivity index (χ2n) is 9.98. The Kier molecular flexibility index (Phi) is 9.52. The SMILES string of the molecule is C[C@H](N[C@H](CNC(=O)OC(C)(C)C)c1ccccc1)C(Cc1ccc(Cl)cc1)c1cccc(C#N)c1. The van der Waals surface area contributed by atoms with Crippen molar-refractivity contribution in [3.8, 4) is 6.07 Å². The van der Waals surface area contributed by atoms with Gasteiger partial charge >= 0.3 is 6.09 Å². The van der Waals surface area contributed by atoms with Crippen molar-refractivity contribution in [2.24, 2.45) is 0 Å². The van der Waals surface area contributed by atoms with Gasteiger partial charge in [0, 0.05) is 29.6 Å². The van der Waals surface area contributed by atoms with E-state index in [0.717, 1.165) is 23.1 Å². The highest BCUT2D eigenvalue weighted by molar-refractivity contribution is 6.30. The number of nitriles is 1. The van der Waals surface area contributed by atoms with E-state index in [1.54, 1.807) is 0 Å². The van der Waals surface area contributed by atoms with Gasteiger partial charge in [0.15, 0.2) is 0 Å². The molecular weight excluding hydrogens is 470 g/mol. The van der Waals surface area contributed by atoms with Crippen LogP contribution in [0.4, 0.5) is 4.79 Å². The number of nitrogens with one attached hydrogen (secondary N) is 2. The third-order valence-electron chi connectivity index (χ3n) is 5.93. The zero-order valence-electron chi connectivity index (χ0n) is 21.3. The molecule has 5 nitrogen and oxygen atoms in total. The van der Waals surface area contributed by atoms with E-state index in [1.807, 2.05) is 93.6 Å². The minimum Gasteiger partial charge on any atom is -0.444 e. The summed E-state index contributed by atoms with van der Waals surface area (Å²) >= 11 is 6.11. The molecule has 1 unspecified atom stereocenters. The van der Waals surface area contributed by atoms with Crippen LogP contribution in [0.1, 0.15) is 61.9 Å². The van der Waals surface area contributed by atoms with Gasteiger partial charge in [-0.25, -0.2) is 4.79 Å². The normalized spacial score (nSPS) is 13.8. The molecule has 3 rings (SSSR count). The molecule has 0 fully saturated rings. The van der Waals surface area contributed by atoms with E-state index in [0.29, 0.717) is 17.1 Å². The lowest BCUT2D eigenvalue weighted by molar-refractivity contribution is 0.0521. The van der Waals surface area contributed by atoms with Crippen molar-refractivity contribution >= 4 is 17.7 Å². The van der Waals surface area contributed by atoms with Crippen molar-refractivity contribution in [1.29, 1.82) is 5.26 Å². The average molecular weight is 504 g/mol. The van der Waals surface area contributed by atoms with E-state index < -0.39 is 11.7 Å². The van der Waals surface area contributed by atoms with Crippen LogP contribution in [0.5, 0.6) is 0 Å². The molecule has 0 heterocycles. The first-order valence-electron chi connectivity index (χ1n) is 12.2. The fraction of sp³-hybridized carbons (Fsp3) is 0.333. The van der Waals surface area contributed by atoms with Gasteiger partial charge in [0.25, 0.3) is 0 Å². The summed E-state index contributed by atoms with van der Waals surface area (Å²) in [7, 11) is 0. The maximum atomic E-state index is 12.4. The number of ether oxygens (including phenoxy) is 1. The zero-order chi connectivity index (χ0) is 26.1. The second-order valence-corrected chi connectivity index (χ2v) is 10.4. The molecular formula is C30H34ClN3O2. The van der Waals surface area contributed by atoms with Gasteiger partial charge in [0.05, 0.1) is 11.6 Å². The van der Waals surface area contributed by atoms with Crippen LogP contribution in [0.25, 0.3) is 0 Å². The summed E-state index contributed by atoms with van der Waals surface area (Å²) in [5.41, 5.74) is 3.37. The molecule has 0 aliphatic heterocycles. The van der Waals surface area contributed by atoms with E-state index in [1.165, 1.54) is 0 Å². The summed E-state index contributed by atoms with van der Waals surface area (Å²) in [5.74, 6) is 0.0761. The molecule has 0 aliphatic carbocycles. The van der Waals surface area contributed by atoms with Crippen molar-refractivity contribution < 1.29 is 9.53 Å². The molecule has 2 N–H and O–H groups in total. The van der Waals surface area contributed by atoms with Crippen LogP contribution in [0, 0.1) is 11.3 Å². The number of carbonyl (C=O) groups excluding carboxylic acids is 1. The van der Waals surface area contributed by atoms with Gasteiger partial charge in [-0.3, -0.25) is 0 Å². The number of amides is 1. The van der Waals surface area contributed by atoms with Crippen LogP contribution in [-0.4, -0.2) is 24.3 Å². The first-order valence-corrected chi connectivity index (χ1v) is 12.5. The fourth-order valence-corrected chi connectivity index (χ4v) is 4.31. The molecule has 188 valence electrons. The van der Waals surface area contributed by atoms with Crippen LogP contribution in [0.15, 0.2) is 78.9 Å². The minimum atomic E-state index is -0.567. The monoisotopic (exact) mass is 503 g/mol. The number of halogens is 1. The Morgan fingerprint density at radius 3 is 2.31 bits per heavy atom. The van der Waals surface area contributed by atoms with E-state index in [4.69, 9.17) is 16.3 Å². The predicted octanol–water partition coefficient (Wildman–Crippen LogP) is 6.78. The van der Waals surface area contributed by atoms with E-state index in [-0.39, 0.29) is 18.0 Å². The molecule has 0 bridgehead atoms. The molecule has 36 heavy (non-hydrogen) atoms. The summed E-state index contributed by atoms with van der Waals surface area (Å²) in [6.45, 7) is 8.05. The highest BCUT2D eigenvalue weighted by Crippen LogP contribution is 2.28. The van der Waals surface area contributed by atoms with Crippen LogP contribution >= 0.6 is 11.6 Å². The Labute approximate surface area is 219 Å². The first kappa shape index (κ1) is 27.3. The predicted molar refractivity (Wildman–Crippen MR) is 145 cm³/mol. The van der Waals surface area contributed by atoms with Gasteiger partial charge < -0.3 is 15.4 Å². The van der Waals surface area contributed by atoms with Crippen molar-refractivity contribution in [2.75, 3.05) is 6.54 Å². The second kappa shape index (κ2) is 12.6. The molecule has 0 aromatic heterocycles. The third-order valence-corrected chi connectivity index (χ3v) is 6.18. The summed E-state index contributed by atoms with van der Waals surface area (Å²) < 4.78 is 5.44. The Balaban J connectivity index is 1.86. The Morgan fingerprint density at radius 2 is 1.67 bits per heavy atom. The van der Waals surface area contributed by atoms with Crippen LogP contribution in [0.2, 0.25) is 5.02 Å². The van der Waals surface area contributed by atoms with Gasteiger partial charge in [0.2, 0.25) is 0 Å². The smallest absolute Gasteiger partial charge is 0.407 e. The topological polar surface area (TPSA) is 74.2 Å². The number of benzene rings is 3. The number of nitrogens with zero attached hydrogens (tertiary/aromatic N) is 1. The van der Waals surface area contributed by atoms with Crippen LogP contribution in [-0.2, 0) is 11.2 Å². The van der Waals surface area contributed by atoms with Crippen molar-refractivity contribution in [2.45, 2.75) is 57.7 Å². The molecule has 0 saturated heterocycles. The molecule has 3 atom stereocenters. The summed E-state index contributed by atoms with van der Waals surface area (Å²) in [6.07, 6.45) is 0.318. The highest BCUT2D eigenvalue weighted by Gasteiger charge is 2.25. The molecule has 0 aliphatic rings. The largest absolute Gasteiger partial charge is 0.444 e. The van der Waals surface area contributed by atoms with Crippen LogP contribution in [0.3, 0.4) is 0 Å².